The summed E-state index contributed by atoms with van der Waals surface area (Å²) in [7, 11) is -23.1. The van der Waals surface area contributed by atoms with Crippen LogP contribution in [-0.2, 0) is 30.2 Å². The predicted octanol–water partition coefficient (Wildman–Crippen LogP) is 4.38. The van der Waals surface area contributed by atoms with E-state index in [-0.39, 0.29) is 5.92 Å². The van der Waals surface area contributed by atoms with Crippen molar-refractivity contribution in [3.63, 3.8) is 0 Å². The molecule has 0 unspecified atom stereocenters. The number of sulfonamides is 2. The first-order valence-electron chi connectivity index (χ1n) is 9.92. The number of hydrogen-bond acceptors (Lipinski definition) is 7. The third-order valence-electron chi connectivity index (χ3n) is 5.50. The standard InChI is InChI=1S/C17H18F9NO7S3/c1-27(36(30,31)17(24,25)26)35(28,29)15(20,21)14(18,19)16(22,23)37(32,33)34-13-9-7-12(8-10-13)11-5-3-2-4-6-11/h7-11H,2-6H2,1H3. The zero-order valence-electron chi connectivity index (χ0n) is 18.4. The van der Waals surface area contributed by atoms with Gasteiger partial charge in [0.1, 0.15) is 5.75 Å². The Kier molecular flexibility index (Phi) is 8.27. The van der Waals surface area contributed by atoms with E-state index in [1.54, 1.807) is 0 Å². The zero-order valence-corrected chi connectivity index (χ0v) is 20.8. The minimum atomic E-state index is -7.83. The van der Waals surface area contributed by atoms with Gasteiger partial charge in [-0.15, -0.1) is 0 Å². The summed E-state index contributed by atoms with van der Waals surface area (Å²) in [6.45, 7) is 0. The Balaban J connectivity index is 2.42. The van der Waals surface area contributed by atoms with Crippen LogP contribution in [0.4, 0.5) is 39.5 Å². The van der Waals surface area contributed by atoms with Crippen LogP contribution in [0.2, 0.25) is 0 Å². The summed E-state index contributed by atoms with van der Waals surface area (Å²) in [6.07, 6.45) is 4.19. The number of nitrogens with zero attached hydrogens (tertiary/aromatic N) is 1. The van der Waals surface area contributed by atoms with Crippen molar-refractivity contribution in [2.75, 3.05) is 7.05 Å². The molecule has 0 bridgehead atoms. The molecule has 0 heterocycles. The molecule has 1 fully saturated rings. The Morgan fingerprint density at radius 3 is 1.62 bits per heavy atom. The highest BCUT2D eigenvalue weighted by molar-refractivity contribution is 8.04. The summed E-state index contributed by atoms with van der Waals surface area (Å²) in [5.41, 5.74) is -6.03. The summed E-state index contributed by atoms with van der Waals surface area (Å²) in [4.78, 5) is 0. The van der Waals surface area contributed by atoms with Gasteiger partial charge in [0.05, 0.1) is 0 Å². The third kappa shape index (κ3) is 5.25. The molecule has 0 atom stereocenters. The first-order chi connectivity index (χ1) is 16.4. The highest BCUT2D eigenvalue weighted by Crippen LogP contribution is 2.52. The fraction of sp³-hybridized carbons (Fsp3) is 0.647. The maximum absolute atomic E-state index is 14.3. The maximum atomic E-state index is 14.3. The van der Waals surface area contributed by atoms with Crippen LogP contribution in [0, 0.1) is 0 Å². The highest BCUT2D eigenvalue weighted by Gasteiger charge is 2.84. The lowest BCUT2D eigenvalue weighted by atomic mass is 9.84. The molecular formula is C17H18F9NO7S3. The van der Waals surface area contributed by atoms with Crippen LogP contribution in [0.25, 0.3) is 0 Å². The van der Waals surface area contributed by atoms with Crippen molar-refractivity contribution in [1.82, 2.24) is 3.71 Å². The molecule has 0 N–H and O–H groups in total. The second-order valence-corrected chi connectivity index (χ2v) is 13.7. The van der Waals surface area contributed by atoms with E-state index in [4.69, 9.17) is 0 Å². The minimum absolute atomic E-state index is 0.0130. The number of halogens is 9. The second kappa shape index (κ2) is 9.74. The van der Waals surface area contributed by atoms with Crippen molar-refractivity contribution in [3.05, 3.63) is 29.8 Å². The number of benzene rings is 1. The van der Waals surface area contributed by atoms with Gasteiger partial charge in [-0.3, -0.25) is 0 Å². The van der Waals surface area contributed by atoms with Crippen LogP contribution in [0.15, 0.2) is 24.3 Å². The van der Waals surface area contributed by atoms with Crippen molar-refractivity contribution < 1.29 is 69.0 Å². The van der Waals surface area contributed by atoms with Crippen molar-refractivity contribution in [2.45, 2.75) is 60.0 Å². The molecule has 2 rings (SSSR count). The van der Waals surface area contributed by atoms with Gasteiger partial charge in [-0.2, -0.15) is 47.9 Å². The van der Waals surface area contributed by atoms with Gasteiger partial charge in [0, 0.05) is 7.05 Å². The Morgan fingerprint density at radius 2 is 1.19 bits per heavy atom. The van der Waals surface area contributed by atoms with Crippen LogP contribution in [-0.4, -0.2) is 58.0 Å². The molecule has 0 amide bonds. The first-order valence-corrected chi connectivity index (χ1v) is 14.2. The van der Waals surface area contributed by atoms with Crippen molar-refractivity contribution >= 4 is 30.2 Å². The van der Waals surface area contributed by atoms with E-state index in [0.29, 0.717) is 5.56 Å². The Hall–Kier alpha value is -1.80. The SMILES string of the molecule is CN(S(=O)(=O)C(F)(F)F)S(=O)(=O)C(F)(F)C(F)(F)C(F)(F)S(=O)(=O)Oc1ccc(C2CCCCC2)cc1. The van der Waals surface area contributed by atoms with Gasteiger partial charge in [-0.05, 0) is 36.5 Å². The average molecular weight is 616 g/mol. The number of hydrogen-bond donors (Lipinski definition) is 0. The molecular weight excluding hydrogens is 597 g/mol. The number of alkyl halides is 9. The zero-order chi connectivity index (χ0) is 28.9. The van der Waals surface area contributed by atoms with Gasteiger partial charge < -0.3 is 4.18 Å². The molecule has 0 aliphatic heterocycles. The number of rotatable bonds is 9. The molecule has 0 aromatic heterocycles. The summed E-state index contributed by atoms with van der Waals surface area (Å²) in [5, 5.41) is -14.5. The Morgan fingerprint density at radius 1 is 0.730 bits per heavy atom. The average Bonchev–Trinajstić information content (AvgIpc) is 2.78. The van der Waals surface area contributed by atoms with Crippen LogP contribution >= 0.6 is 0 Å². The molecule has 20 heteroatoms. The van der Waals surface area contributed by atoms with Crippen LogP contribution in [0.1, 0.15) is 43.6 Å². The van der Waals surface area contributed by atoms with E-state index in [1.165, 1.54) is 12.1 Å². The van der Waals surface area contributed by atoms with Crippen LogP contribution < -0.4 is 4.18 Å². The van der Waals surface area contributed by atoms with E-state index in [1.807, 2.05) is 0 Å². The summed E-state index contributed by atoms with van der Waals surface area (Å²) >= 11 is 0. The molecule has 0 radical (unpaired) electrons. The highest BCUT2D eigenvalue weighted by atomic mass is 32.3. The van der Waals surface area contributed by atoms with E-state index in [2.05, 4.69) is 4.18 Å². The predicted molar refractivity (Wildman–Crippen MR) is 108 cm³/mol. The van der Waals surface area contributed by atoms with Crippen molar-refractivity contribution in [1.29, 1.82) is 0 Å². The quantitative estimate of drug-likeness (QED) is 0.299. The molecule has 1 aromatic rings. The van der Waals surface area contributed by atoms with Crippen LogP contribution in [0.3, 0.4) is 0 Å². The van der Waals surface area contributed by atoms with Gasteiger partial charge >= 0.3 is 42.1 Å². The van der Waals surface area contributed by atoms with Crippen molar-refractivity contribution in [2.24, 2.45) is 0 Å². The largest absolute Gasteiger partial charge is 0.512 e. The Labute approximate surface area is 205 Å². The fourth-order valence-electron chi connectivity index (χ4n) is 3.34. The molecule has 214 valence electrons. The van der Waals surface area contributed by atoms with Gasteiger partial charge in [0.25, 0.3) is 10.0 Å². The van der Waals surface area contributed by atoms with Gasteiger partial charge in [-0.25, -0.2) is 16.8 Å². The van der Waals surface area contributed by atoms with Gasteiger partial charge in [0.15, 0.2) is 0 Å². The normalized spacial score (nSPS) is 17.7. The van der Waals surface area contributed by atoms with E-state index < -0.39 is 68.6 Å². The molecule has 1 aliphatic carbocycles. The molecule has 8 nitrogen and oxygen atoms in total. The molecule has 1 aliphatic rings. The molecule has 1 saturated carbocycles. The smallest absolute Gasteiger partial charge is 0.378 e. The van der Waals surface area contributed by atoms with Gasteiger partial charge in [0.2, 0.25) is 0 Å². The fourth-order valence-corrected chi connectivity index (χ4v) is 6.95. The van der Waals surface area contributed by atoms with Crippen molar-refractivity contribution in [3.8, 4) is 5.75 Å². The first kappa shape index (κ1) is 31.4. The lowest BCUT2D eigenvalue weighted by Gasteiger charge is -2.33. The molecule has 37 heavy (non-hydrogen) atoms. The molecule has 1 aromatic carbocycles. The second-order valence-electron chi connectivity index (χ2n) is 7.88. The van der Waals surface area contributed by atoms with Gasteiger partial charge in [-0.1, -0.05) is 35.1 Å². The van der Waals surface area contributed by atoms with E-state index >= 15 is 0 Å². The maximum Gasteiger partial charge on any atom is 0.512 e. The summed E-state index contributed by atoms with van der Waals surface area (Å²) in [6, 6.07) is 3.89. The van der Waals surface area contributed by atoms with Crippen LogP contribution in [0.5, 0.6) is 5.75 Å². The van der Waals surface area contributed by atoms with E-state index in [9.17, 15) is 64.8 Å². The topological polar surface area (TPSA) is 115 Å². The third-order valence-corrected chi connectivity index (χ3v) is 10.8. The Bertz CT molecular complexity index is 1300. The monoisotopic (exact) mass is 615 g/mol. The summed E-state index contributed by atoms with van der Waals surface area (Å²) < 4.78 is 194. The van der Waals surface area contributed by atoms with E-state index in [0.717, 1.165) is 44.2 Å². The minimum Gasteiger partial charge on any atom is -0.378 e. The molecule has 0 spiro atoms. The lowest BCUT2D eigenvalue weighted by Crippen LogP contribution is -2.64. The summed E-state index contributed by atoms with van der Waals surface area (Å²) in [5.74, 6) is -8.58. The molecule has 0 saturated heterocycles. The lowest BCUT2D eigenvalue weighted by molar-refractivity contribution is -0.246.